The molecule has 0 saturated heterocycles. The molecular weight excluding hydrogens is 1470 g/mol. The zero-order valence-electron chi connectivity index (χ0n) is 66.4. The Morgan fingerprint density at radius 3 is 0.574 bits per heavy atom. The Bertz CT molecular complexity index is 5850. The first-order valence-corrected chi connectivity index (χ1v) is 47.6. The van der Waals surface area contributed by atoms with Crippen molar-refractivity contribution in [2.75, 3.05) is 35.5 Å². The summed E-state index contributed by atoms with van der Waals surface area (Å²) in [6.07, 6.45) is 1.80. The number of benzene rings is 16. The van der Waals surface area contributed by atoms with Crippen LogP contribution in [0.1, 0.15) is 38.9 Å². The third-order valence-corrected chi connectivity index (χ3v) is 43.5. The van der Waals surface area contributed by atoms with E-state index in [-0.39, 0.29) is 0 Å². The van der Waals surface area contributed by atoms with Crippen LogP contribution in [0, 0.1) is 20.8 Å². The average Bonchev–Trinajstić information content (AvgIpc) is 1.72. The molecule has 9 heteroatoms. The van der Waals surface area contributed by atoms with Crippen molar-refractivity contribution in [2.45, 2.75) is 33.6 Å². The average molecular weight is 1560 g/mol. The van der Waals surface area contributed by atoms with Gasteiger partial charge < -0.3 is 23.7 Å². The van der Waals surface area contributed by atoms with Gasteiger partial charge in [0, 0.05) is 0 Å². The summed E-state index contributed by atoms with van der Waals surface area (Å²) in [5.74, 6) is 4.22. The quantitative estimate of drug-likeness (QED) is 0.0530. The Balaban J connectivity index is 0.000000167. The van der Waals surface area contributed by atoms with Gasteiger partial charge in [-0.1, -0.05) is 344 Å². The first kappa shape index (κ1) is 75.1. The predicted octanol–water partition coefficient (Wildman–Crippen LogP) is 13.0. The van der Waals surface area contributed by atoms with Gasteiger partial charge in [0.25, 0.3) is 0 Å². The second kappa shape index (κ2) is 32.1. The molecule has 16 aromatic carbocycles. The standard InChI is InChI=1S/C55H50O4Si2.C51H42OSi2/c1-38-7-21-46(22-8-38)60(47-23-9-39(2)10-24-47,48-27-13-42(56-3)14-28-48)52-25-11-40-35-41-12-26-53(37-55(41)54(40)36-52)61(49-29-15-43(57-4)16-30-49,50-31-17-44(58-5)18-32-50)51-33-19-45(59-6)20-34-51;1-38-23-27-46(28-24-38)53(42-15-7-3-8-16-42,43-17-9-4-10-18-43)48-31-33-50-39(36-48)35-40-37-49(32-34-51(40)50)54(44-19-11-5-12-20-44,45-21-13-6-14-22-45)47-29-25-41(52-2)26-30-47/h7-34,36-37H,35H2,1-6H3;3-34,36-37H,35H2,1-2H3. The zero-order valence-corrected chi connectivity index (χ0v) is 70.4. The number of fused-ring (bicyclic) bond motifs is 6. The van der Waals surface area contributed by atoms with Gasteiger partial charge in [-0.2, -0.15) is 0 Å². The van der Waals surface area contributed by atoms with Crippen LogP contribution >= 0.6 is 0 Å². The number of hydrogen-bond acceptors (Lipinski definition) is 5. The van der Waals surface area contributed by atoms with Gasteiger partial charge in [0.05, 0.1) is 35.5 Å². The molecule has 2 aliphatic carbocycles. The van der Waals surface area contributed by atoms with Crippen molar-refractivity contribution in [3.05, 3.63) is 427 Å². The molecule has 562 valence electrons. The Kier molecular flexibility index (Phi) is 21.0. The molecule has 0 amide bonds. The van der Waals surface area contributed by atoms with Crippen molar-refractivity contribution in [2.24, 2.45) is 0 Å². The molecular formula is C106H92O5Si4. The monoisotopic (exact) mass is 1560 g/mol. The molecule has 115 heavy (non-hydrogen) atoms. The molecule has 0 fully saturated rings. The molecule has 0 heterocycles. The van der Waals surface area contributed by atoms with Crippen molar-refractivity contribution in [1.82, 2.24) is 0 Å². The third kappa shape index (κ3) is 13.4. The van der Waals surface area contributed by atoms with E-state index in [9.17, 15) is 0 Å². The largest absolute Gasteiger partial charge is 0.497 e. The molecule has 0 saturated carbocycles. The minimum atomic E-state index is -2.97. The molecule has 0 N–H and O–H groups in total. The van der Waals surface area contributed by atoms with E-state index < -0.39 is 32.3 Å². The van der Waals surface area contributed by atoms with Gasteiger partial charge in [0.15, 0.2) is 32.3 Å². The van der Waals surface area contributed by atoms with E-state index in [4.69, 9.17) is 23.7 Å². The van der Waals surface area contributed by atoms with Gasteiger partial charge in [0.1, 0.15) is 28.7 Å². The lowest BCUT2D eigenvalue weighted by atomic mass is 10.1. The Hall–Kier alpha value is -12.6. The summed E-state index contributed by atoms with van der Waals surface area (Å²) in [4.78, 5) is 0. The van der Waals surface area contributed by atoms with Gasteiger partial charge in [-0.25, -0.2) is 0 Å². The van der Waals surface area contributed by atoms with Gasteiger partial charge in [-0.05, 0) is 222 Å². The first-order valence-electron chi connectivity index (χ1n) is 39.6. The van der Waals surface area contributed by atoms with Crippen LogP contribution in [-0.4, -0.2) is 67.8 Å². The summed E-state index contributed by atoms with van der Waals surface area (Å²) < 4.78 is 28.4. The minimum absolute atomic E-state index is 0.832. The van der Waals surface area contributed by atoms with E-state index in [0.29, 0.717) is 0 Å². The SMILES string of the molecule is COc1ccc([Si](c2ccc(C)cc2)(c2ccc(C)cc2)c2ccc3c(c2)-c2cc([Si](c4ccc(OC)cc4)(c4ccc(OC)cc4)c4ccc(OC)cc4)ccc2C3)cc1.COc1ccc([Si](c2ccccc2)(c2ccccc2)c2ccc3c(c2)Cc2cc([Si](c4ccccc4)(c4ccccc4)c4ccc(C)cc4)ccc2-3)cc1. The zero-order chi connectivity index (χ0) is 78.7. The Morgan fingerprint density at radius 1 is 0.165 bits per heavy atom. The van der Waals surface area contributed by atoms with Crippen LogP contribution in [0.4, 0.5) is 0 Å². The molecule has 0 atom stereocenters. The smallest absolute Gasteiger partial charge is 0.179 e. The van der Waals surface area contributed by atoms with E-state index in [1.807, 2.05) is 0 Å². The van der Waals surface area contributed by atoms with E-state index in [0.717, 1.165) is 41.6 Å². The topological polar surface area (TPSA) is 46.2 Å². The van der Waals surface area contributed by atoms with Crippen molar-refractivity contribution < 1.29 is 23.7 Å². The molecule has 2 aliphatic rings. The highest BCUT2D eigenvalue weighted by atomic mass is 28.3. The van der Waals surface area contributed by atoms with E-state index >= 15 is 0 Å². The second-order valence-electron chi connectivity index (χ2n) is 30.5. The highest BCUT2D eigenvalue weighted by molar-refractivity contribution is 7.22. The number of rotatable bonds is 21. The number of aryl methyl sites for hydroxylation is 3. The Labute approximate surface area is 681 Å². The van der Waals surface area contributed by atoms with Crippen LogP contribution in [-0.2, 0) is 12.8 Å². The van der Waals surface area contributed by atoms with Crippen molar-refractivity contribution in [3.8, 4) is 51.0 Å². The lowest BCUT2D eigenvalue weighted by Gasteiger charge is -2.35. The van der Waals surface area contributed by atoms with Crippen LogP contribution < -0.4 is 107 Å². The minimum Gasteiger partial charge on any atom is -0.497 e. The fourth-order valence-electron chi connectivity index (χ4n) is 18.7. The maximum absolute atomic E-state index is 5.70. The summed E-state index contributed by atoms with van der Waals surface area (Å²) in [6, 6.07) is 146. The summed E-state index contributed by atoms with van der Waals surface area (Å²) in [7, 11) is -2.54. The van der Waals surface area contributed by atoms with Gasteiger partial charge in [-0.15, -0.1) is 0 Å². The van der Waals surface area contributed by atoms with Crippen LogP contribution in [0.5, 0.6) is 28.7 Å². The van der Waals surface area contributed by atoms with Gasteiger partial charge in [0.2, 0.25) is 0 Å². The molecule has 0 unspecified atom stereocenters. The van der Waals surface area contributed by atoms with Crippen molar-refractivity contribution >= 4 is 115 Å². The maximum Gasteiger partial charge on any atom is 0.179 e. The number of methoxy groups -OCH3 is 5. The van der Waals surface area contributed by atoms with Crippen LogP contribution in [0.3, 0.4) is 0 Å². The molecule has 18 rings (SSSR count). The van der Waals surface area contributed by atoms with Crippen molar-refractivity contribution in [3.63, 3.8) is 0 Å². The maximum atomic E-state index is 5.70. The number of hydrogen-bond donors (Lipinski definition) is 0. The highest BCUT2D eigenvalue weighted by Crippen LogP contribution is 2.39. The third-order valence-electron chi connectivity index (χ3n) is 24.4. The predicted molar refractivity (Wildman–Crippen MR) is 491 cm³/mol. The molecule has 0 bridgehead atoms. The van der Waals surface area contributed by atoms with Gasteiger partial charge in [-0.3, -0.25) is 0 Å². The summed E-state index contributed by atoms with van der Waals surface area (Å²) >= 11 is 0. The van der Waals surface area contributed by atoms with Crippen molar-refractivity contribution in [1.29, 1.82) is 0 Å². The van der Waals surface area contributed by atoms with Crippen LogP contribution in [0.25, 0.3) is 22.3 Å². The first-order chi connectivity index (χ1) is 56.4. The molecule has 5 nitrogen and oxygen atoms in total. The van der Waals surface area contributed by atoms with Gasteiger partial charge >= 0.3 is 0 Å². The molecule has 0 aliphatic heterocycles. The van der Waals surface area contributed by atoms with E-state index in [2.05, 4.69) is 409 Å². The Morgan fingerprint density at radius 2 is 0.348 bits per heavy atom. The molecule has 16 aromatic rings. The second-order valence-corrected chi connectivity index (χ2v) is 45.8. The number of ether oxygens (including phenoxy) is 5. The highest BCUT2D eigenvalue weighted by Gasteiger charge is 2.47. The van der Waals surface area contributed by atoms with E-state index in [1.165, 1.54) is 144 Å². The lowest BCUT2D eigenvalue weighted by Crippen LogP contribution is -2.74. The fourth-order valence-corrected chi connectivity index (χ4v) is 37.6. The summed E-state index contributed by atoms with van der Waals surface area (Å²) in [5.41, 5.74) is 14.6. The fraction of sp³-hybridized carbons (Fsp3) is 0.0943. The lowest BCUT2D eigenvalue weighted by molar-refractivity contribution is 0.415. The normalized spacial score (nSPS) is 12.1. The van der Waals surface area contributed by atoms with Crippen LogP contribution in [0.2, 0.25) is 0 Å². The van der Waals surface area contributed by atoms with Crippen LogP contribution in [0.15, 0.2) is 388 Å². The molecule has 0 radical (unpaired) electrons. The van der Waals surface area contributed by atoms with E-state index in [1.54, 1.807) is 35.5 Å². The molecule has 0 spiro atoms. The molecule has 0 aromatic heterocycles. The summed E-state index contributed by atoms with van der Waals surface area (Å²) in [5, 5.41) is 21.6. The summed E-state index contributed by atoms with van der Waals surface area (Å²) in [6.45, 7) is 6.52.